The van der Waals surface area contributed by atoms with Gasteiger partial charge in [-0.05, 0) is 45.7 Å². The molecular weight excluding hydrogens is 465 g/mol. The van der Waals surface area contributed by atoms with Gasteiger partial charge in [0.2, 0.25) is 23.6 Å². The average molecular weight is 494 g/mol. The van der Waals surface area contributed by atoms with Gasteiger partial charge in [0.05, 0.1) is 11.8 Å². The van der Waals surface area contributed by atoms with Crippen LogP contribution in [0.15, 0.2) is 30.4 Å². The predicted molar refractivity (Wildman–Crippen MR) is 126 cm³/mol. The highest BCUT2D eigenvalue weighted by Crippen LogP contribution is 2.35. The van der Waals surface area contributed by atoms with E-state index in [4.69, 9.17) is 23.2 Å². The lowest BCUT2D eigenvalue weighted by Crippen LogP contribution is -2.49. The van der Waals surface area contributed by atoms with Crippen molar-refractivity contribution >= 4 is 46.8 Å². The van der Waals surface area contributed by atoms with Gasteiger partial charge in [0.15, 0.2) is 0 Å². The van der Waals surface area contributed by atoms with Gasteiger partial charge in [0.1, 0.15) is 6.04 Å². The summed E-state index contributed by atoms with van der Waals surface area (Å²) in [4.78, 5) is 54.0. The molecule has 3 atom stereocenters. The van der Waals surface area contributed by atoms with Crippen LogP contribution in [0.3, 0.4) is 0 Å². The summed E-state index contributed by atoms with van der Waals surface area (Å²) in [5.41, 5.74) is 0.531. The van der Waals surface area contributed by atoms with Crippen molar-refractivity contribution in [2.45, 2.75) is 58.7 Å². The molecule has 1 aromatic carbocycles. The van der Waals surface area contributed by atoms with Crippen LogP contribution in [0.4, 0.5) is 0 Å². The highest BCUT2D eigenvalue weighted by Gasteiger charge is 2.47. The standard InChI is InChI=1S/C24H29Cl2N3O4/c1-14(2)27-22(31)15(3)29(13-18-19(25)9-6-10-20(18)26)21(30)11-12-28-23(32)16-7-4-5-8-17(16)24(28)33/h4-6,9-10,14-17H,7-8,11-13H2,1-3H3,(H,27,31)/t15-,16-,17+/m1/s1. The first-order valence-electron chi connectivity index (χ1n) is 11.1. The van der Waals surface area contributed by atoms with Crippen molar-refractivity contribution in [1.29, 1.82) is 0 Å². The van der Waals surface area contributed by atoms with Crippen molar-refractivity contribution in [3.63, 3.8) is 0 Å². The molecule has 178 valence electrons. The summed E-state index contributed by atoms with van der Waals surface area (Å²) >= 11 is 12.6. The lowest BCUT2D eigenvalue weighted by molar-refractivity contribution is -0.143. The summed E-state index contributed by atoms with van der Waals surface area (Å²) in [5, 5.41) is 3.59. The summed E-state index contributed by atoms with van der Waals surface area (Å²) in [6.45, 7) is 5.31. The minimum absolute atomic E-state index is 0.0191. The molecule has 0 spiro atoms. The van der Waals surface area contributed by atoms with Crippen LogP contribution in [0.25, 0.3) is 0 Å². The van der Waals surface area contributed by atoms with E-state index in [2.05, 4.69) is 5.32 Å². The molecule has 1 N–H and O–H groups in total. The maximum Gasteiger partial charge on any atom is 0.242 e. The number of nitrogens with zero attached hydrogens (tertiary/aromatic N) is 2. The van der Waals surface area contributed by atoms with Gasteiger partial charge in [-0.3, -0.25) is 24.1 Å². The lowest BCUT2D eigenvalue weighted by Gasteiger charge is -2.30. The molecule has 0 unspecified atom stereocenters. The number of benzene rings is 1. The molecule has 2 aliphatic rings. The first kappa shape index (κ1) is 25.2. The van der Waals surface area contributed by atoms with E-state index >= 15 is 0 Å². The topological polar surface area (TPSA) is 86.8 Å². The van der Waals surface area contributed by atoms with Crippen LogP contribution >= 0.6 is 23.2 Å². The van der Waals surface area contributed by atoms with E-state index in [1.54, 1.807) is 25.1 Å². The molecule has 9 heteroatoms. The fourth-order valence-electron chi connectivity index (χ4n) is 4.28. The summed E-state index contributed by atoms with van der Waals surface area (Å²) in [6.07, 6.45) is 4.84. The number of nitrogens with one attached hydrogen (secondary N) is 1. The number of halogens is 2. The second-order valence-corrected chi connectivity index (χ2v) is 9.61. The highest BCUT2D eigenvalue weighted by molar-refractivity contribution is 6.36. The number of allylic oxidation sites excluding steroid dienone is 2. The van der Waals surface area contributed by atoms with Crippen LogP contribution < -0.4 is 5.32 Å². The second kappa shape index (κ2) is 10.7. The summed E-state index contributed by atoms with van der Waals surface area (Å²) < 4.78 is 0. The largest absolute Gasteiger partial charge is 0.352 e. The molecule has 0 bridgehead atoms. The van der Waals surface area contributed by atoms with Crippen LogP contribution in [0.5, 0.6) is 0 Å². The molecule has 1 fully saturated rings. The predicted octanol–water partition coefficient (Wildman–Crippen LogP) is 3.58. The first-order valence-corrected chi connectivity index (χ1v) is 11.9. The minimum atomic E-state index is -0.802. The van der Waals surface area contributed by atoms with Gasteiger partial charge in [0, 0.05) is 41.2 Å². The normalized spacial score (nSPS) is 20.7. The molecule has 0 radical (unpaired) electrons. The highest BCUT2D eigenvalue weighted by atomic mass is 35.5. The molecule has 0 saturated carbocycles. The number of rotatable bonds is 8. The molecule has 1 heterocycles. The van der Waals surface area contributed by atoms with Gasteiger partial charge in [-0.15, -0.1) is 0 Å². The maximum absolute atomic E-state index is 13.3. The van der Waals surface area contributed by atoms with Gasteiger partial charge < -0.3 is 10.2 Å². The molecule has 4 amide bonds. The fraction of sp³-hybridized carbons (Fsp3) is 0.500. The third kappa shape index (κ3) is 5.58. The Hall–Kier alpha value is -2.38. The zero-order valence-corrected chi connectivity index (χ0v) is 20.5. The smallest absolute Gasteiger partial charge is 0.242 e. The van der Waals surface area contributed by atoms with E-state index in [1.807, 2.05) is 26.0 Å². The molecule has 3 rings (SSSR count). The van der Waals surface area contributed by atoms with E-state index in [1.165, 1.54) is 9.80 Å². The van der Waals surface area contributed by atoms with Gasteiger partial charge in [-0.25, -0.2) is 0 Å². The van der Waals surface area contributed by atoms with Crippen molar-refractivity contribution in [2.75, 3.05) is 6.54 Å². The Balaban J connectivity index is 1.76. The third-order valence-electron chi connectivity index (χ3n) is 6.14. The number of hydrogen-bond acceptors (Lipinski definition) is 4. The van der Waals surface area contributed by atoms with Crippen molar-refractivity contribution in [3.8, 4) is 0 Å². The Morgan fingerprint density at radius 3 is 2.12 bits per heavy atom. The number of fused-ring (bicyclic) bond motifs is 1. The monoisotopic (exact) mass is 493 g/mol. The van der Waals surface area contributed by atoms with E-state index in [9.17, 15) is 19.2 Å². The number of carbonyl (C=O) groups excluding carboxylic acids is 4. The minimum Gasteiger partial charge on any atom is -0.352 e. The van der Waals surface area contributed by atoms with Gasteiger partial charge in [-0.1, -0.05) is 41.4 Å². The molecule has 1 aliphatic carbocycles. The van der Waals surface area contributed by atoms with Crippen LogP contribution in [-0.4, -0.2) is 52.1 Å². The van der Waals surface area contributed by atoms with Crippen molar-refractivity contribution in [1.82, 2.24) is 15.1 Å². The number of hydrogen-bond donors (Lipinski definition) is 1. The Bertz CT molecular complexity index is 932. The number of imide groups is 1. The molecule has 1 aromatic rings. The quantitative estimate of drug-likeness (QED) is 0.442. The number of amides is 4. The number of carbonyl (C=O) groups is 4. The Labute approximate surface area is 204 Å². The lowest BCUT2D eigenvalue weighted by atomic mass is 9.85. The van der Waals surface area contributed by atoms with Crippen LogP contribution in [0, 0.1) is 11.8 Å². The second-order valence-electron chi connectivity index (χ2n) is 8.80. The Morgan fingerprint density at radius 1 is 1.06 bits per heavy atom. The average Bonchev–Trinajstić information content (AvgIpc) is 3.01. The van der Waals surface area contributed by atoms with E-state index in [0.29, 0.717) is 28.5 Å². The Kier molecular flexibility index (Phi) is 8.19. The molecule has 0 aromatic heterocycles. The molecule has 33 heavy (non-hydrogen) atoms. The van der Waals surface area contributed by atoms with Crippen molar-refractivity contribution in [2.24, 2.45) is 11.8 Å². The van der Waals surface area contributed by atoms with Crippen molar-refractivity contribution in [3.05, 3.63) is 46.0 Å². The van der Waals surface area contributed by atoms with E-state index < -0.39 is 6.04 Å². The van der Waals surface area contributed by atoms with Crippen LogP contribution in [0.2, 0.25) is 10.0 Å². The van der Waals surface area contributed by atoms with Crippen LogP contribution in [-0.2, 0) is 25.7 Å². The maximum atomic E-state index is 13.3. The zero-order valence-electron chi connectivity index (χ0n) is 19.0. The molecule has 7 nitrogen and oxygen atoms in total. The van der Waals surface area contributed by atoms with Gasteiger partial charge in [0.25, 0.3) is 0 Å². The van der Waals surface area contributed by atoms with Gasteiger partial charge in [-0.2, -0.15) is 0 Å². The Morgan fingerprint density at radius 2 is 1.61 bits per heavy atom. The number of likely N-dealkylation sites (tertiary alicyclic amines) is 1. The summed E-state index contributed by atoms with van der Waals surface area (Å²) in [6, 6.07) is 4.14. The first-order chi connectivity index (χ1) is 15.6. The summed E-state index contributed by atoms with van der Waals surface area (Å²) in [5.74, 6) is -1.82. The van der Waals surface area contributed by atoms with Gasteiger partial charge >= 0.3 is 0 Å². The summed E-state index contributed by atoms with van der Waals surface area (Å²) in [7, 11) is 0. The molecular formula is C24H29Cl2N3O4. The molecule has 1 saturated heterocycles. The SMILES string of the molecule is CC(C)NC(=O)[C@@H](C)N(Cc1c(Cl)cccc1Cl)C(=O)CCN1C(=O)[C@H]2CC=CC[C@H]2C1=O. The van der Waals surface area contributed by atoms with Crippen molar-refractivity contribution < 1.29 is 19.2 Å². The zero-order chi connectivity index (χ0) is 24.3. The third-order valence-corrected chi connectivity index (χ3v) is 6.84. The van der Waals surface area contributed by atoms with Crippen LogP contribution in [0.1, 0.15) is 45.6 Å². The van der Waals surface area contributed by atoms with E-state index in [-0.39, 0.29) is 61.0 Å². The fourth-order valence-corrected chi connectivity index (χ4v) is 4.80. The molecule has 1 aliphatic heterocycles. The van der Waals surface area contributed by atoms with E-state index in [0.717, 1.165) is 0 Å².